The molecule has 1 aliphatic heterocycles. The molecule has 1 N–H and O–H groups in total. The second-order valence-corrected chi connectivity index (χ2v) is 6.80. The van der Waals surface area contributed by atoms with E-state index in [1.165, 1.54) is 4.90 Å². The van der Waals surface area contributed by atoms with E-state index in [1.54, 1.807) is 17.4 Å². The van der Waals surface area contributed by atoms with Gasteiger partial charge in [0.15, 0.2) is 5.11 Å². The summed E-state index contributed by atoms with van der Waals surface area (Å²) in [6.45, 7) is 3.92. The number of rotatable bonds is 2. The largest absolute Gasteiger partial charge is 0.327 e. The van der Waals surface area contributed by atoms with Crippen LogP contribution in [0.15, 0.2) is 35.3 Å². The summed E-state index contributed by atoms with van der Waals surface area (Å²) in [5.41, 5.74) is 3.28. The van der Waals surface area contributed by atoms with Gasteiger partial charge >= 0.3 is 0 Å². The third kappa shape index (κ3) is 2.67. The van der Waals surface area contributed by atoms with Crippen molar-refractivity contribution in [2.45, 2.75) is 13.8 Å². The van der Waals surface area contributed by atoms with Crippen molar-refractivity contribution in [3.05, 3.63) is 56.4 Å². The number of thiophene rings is 1. The molecule has 112 valence electrons. The normalized spacial score (nSPS) is 16.5. The SMILES string of the molecule is Cc1cc(Cl)ccc1N1C(=O)/C(=C/c2sccc2C)NC1=S. The molecule has 1 aliphatic rings. The maximum absolute atomic E-state index is 12.7. The van der Waals surface area contributed by atoms with Gasteiger partial charge < -0.3 is 5.32 Å². The summed E-state index contributed by atoms with van der Waals surface area (Å²) in [7, 11) is 0. The van der Waals surface area contributed by atoms with Crippen LogP contribution in [0.4, 0.5) is 5.69 Å². The lowest BCUT2D eigenvalue weighted by Crippen LogP contribution is -2.30. The number of anilines is 1. The molecule has 2 aromatic rings. The van der Waals surface area contributed by atoms with Crippen LogP contribution in [0.1, 0.15) is 16.0 Å². The van der Waals surface area contributed by atoms with Gasteiger partial charge in [-0.15, -0.1) is 11.3 Å². The molecule has 1 fully saturated rings. The van der Waals surface area contributed by atoms with Crippen LogP contribution in [0.25, 0.3) is 6.08 Å². The first-order valence-corrected chi connectivity index (χ1v) is 8.31. The van der Waals surface area contributed by atoms with E-state index in [9.17, 15) is 4.79 Å². The predicted octanol–water partition coefficient (Wildman–Crippen LogP) is 4.28. The highest BCUT2D eigenvalue weighted by Crippen LogP contribution is 2.28. The van der Waals surface area contributed by atoms with E-state index in [0.717, 1.165) is 21.7 Å². The van der Waals surface area contributed by atoms with Crippen molar-refractivity contribution in [2.24, 2.45) is 0 Å². The number of thiocarbonyl (C=S) groups is 1. The third-order valence-corrected chi connectivity index (χ3v) is 4.94. The molecule has 3 rings (SSSR count). The van der Waals surface area contributed by atoms with Crippen molar-refractivity contribution < 1.29 is 4.79 Å². The number of hydrogen-bond acceptors (Lipinski definition) is 3. The number of aryl methyl sites for hydroxylation is 2. The summed E-state index contributed by atoms with van der Waals surface area (Å²) in [4.78, 5) is 15.2. The van der Waals surface area contributed by atoms with E-state index in [4.69, 9.17) is 23.8 Å². The monoisotopic (exact) mass is 348 g/mol. The molecule has 0 saturated carbocycles. The van der Waals surface area contributed by atoms with Crippen LogP contribution in [-0.4, -0.2) is 11.0 Å². The summed E-state index contributed by atoms with van der Waals surface area (Å²) in [6.07, 6.45) is 1.85. The fourth-order valence-corrected chi connectivity index (χ4v) is 3.66. The van der Waals surface area contributed by atoms with Gasteiger partial charge in [0.05, 0.1) is 5.69 Å². The molecule has 0 atom stereocenters. The fraction of sp³-hybridized carbons (Fsp3) is 0.125. The molecule has 6 heteroatoms. The van der Waals surface area contributed by atoms with E-state index in [1.807, 2.05) is 43.5 Å². The lowest BCUT2D eigenvalue weighted by Gasteiger charge is -2.16. The molecule has 0 bridgehead atoms. The predicted molar refractivity (Wildman–Crippen MR) is 96.4 cm³/mol. The number of nitrogens with one attached hydrogen (secondary N) is 1. The van der Waals surface area contributed by atoms with Gasteiger partial charge in [-0.2, -0.15) is 0 Å². The lowest BCUT2D eigenvalue weighted by molar-refractivity contribution is -0.113. The molecule has 0 unspecified atom stereocenters. The number of nitrogens with zero attached hydrogens (tertiary/aromatic N) is 1. The van der Waals surface area contributed by atoms with E-state index in [2.05, 4.69) is 5.32 Å². The quantitative estimate of drug-likeness (QED) is 0.649. The summed E-state index contributed by atoms with van der Waals surface area (Å²) in [5, 5.41) is 6.02. The van der Waals surface area contributed by atoms with Crippen molar-refractivity contribution in [1.82, 2.24) is 5.32 Å². The number of hydrogen-bond donors (Lipinski definition) is 1. The van der Waals surface area contributed by atoms with Crippen LogP contribution in [0.2, 0.25) is 5.02 Å². The summed E-state index contributed by atoms with van der Waals surface area (Å²) >= 11 is 12.9. The first-order valence-electron chi connectivity index (χ1n) is 6.65. The minimum absolute atomic E-state index is 0.150. The van der Waals surface area contributed by atoms with Crippen molar-refractivity contribution >= 4 is 57.9 Å². The van der Waals surface area contributed by atoms with Gasteiger partial charge in [0.1, 0.15) is 5.70 Å². The van der Waals surface area contributed by atoms with Crippen molar-refractivity contribution in [1.29, 1.82) is 0 Å². The smallest absolute Gasteiger partial charge is 0.281 e. The number of benzene rings is 1. The fourth-order valence-electron chi connectivity index (χ4n) is 2.29. The first kappa shape index (κ1) is 15.2. The Morgan fingerprint density at radius 3 is 2.68 bits per heavy atom. The van der Waals surface area contributed by atoms with Gasteiger partial charge in [0.25, 0.3) is 5.91 Å². The van der Waals surface area contributed by atoms with Crippen molar-refractivity contribution in [3.8, 4) is 0 Å². The van der Waals surface area contributed by atoms with Crippen LogP contribution >= 0.6 is 35.2 Å². The Balaban J connectivity index is 1.98. The molecule has 2 heterocycles. The number of carbonyl (C=O) groups is 1. The zero-order chi connectivity index (χ0) is 15.9. The highest BCUT2D eigenvalue weighted by Gasteiger charge is 2.32. The Hall–Kier alpha value is -1.69. The van der Waals surface area contributed by atoms with Crippen LogP contribution in [-0.2, 0) is 4.79 Å². The highest BCUT2D eigenvalue weighted by molar-refractivity contribution is 7.80. The molecule has 1 aromatic carbocycles. The molecule has 0 aliphatic carbocycles. The van der Waals surface area contributed by atoms with Gasteiger partial charge in [-0.25, -0.2) is 0 Å². The Morgan fingerprint density at radius 2 is 2.05 bits per heavy atom. The van der Waals surface area contributed by atoms with Crippen LogP contribution in [0.5, 0.6) is 0 Å². The molecule has 3 nitrogen and oxygen atoms in total. The zero-order valence-corrected chi connectivity index (χ0v) is 14.4. The molecule has 1 amide bonds. The minimum Gasteiger partial charge on any atom is -0.327 e. The van der Waals surface area contributed by atoms with Crippen LogP contribution in [0, 0.1) is 13.8 Å². The molecular formula is C16H13ClN2OS2. The average molecular weight is 349 g/mol. The van der Waals surface area contributed by atoms with Crippen LogP contribution in [0.3, 0.4) is 0 Å². The Labute approximate surface area is 143 Å². The Morgan fingerprint density at radius 1 is 1.27 bits per heavy atom. The maximum atomic E-state index is 12.7. The number of amides is 1. The van der Waals surface area contributed by atoms with Crippen molar-refractivity contribution in [3.63, 3.8) is 0 Å². The number of halogens is 1. The van der Waals surface area contributed by atoms with E-state index in [-0.39, 0.29) is 5.91 Å². The van der Waals surface area contributed by atoms with Crippen molar-refractivity contribution in [2.75, 3.05) is 4.90 Å². The van der Waals surface area contributed by atoms with Gasteiger partial charge in [0, 0.05) is 9.90 Å². The lowest BCUT2D eigenvalue weighted by atomic mass is 10.2. The summed E-state index contributed by atoms with van der Waals surface area (Å²) in [5.74, 6) is -0.150. The first-order chi connectivity index (χ1) is 10.5. The van der Waals surface area contributed by atoms with Crippen LogP contribution < -0.4 is 10.2 Å². The zero-order valence-electron chi connectivity index (χ0n) is 12.0. The Bertz CT molecular complexity index is 810. The van der Waals surface area contributed by atoms with E-state index >= 15 is 0 Å². The molecular weight excluding hydrogens is 336 g/mol. The highest BCUT2D eigenvalue weighted by atomic mass is 35.5. The van der Waals surface area contributed by atoms with Gasteiger partial charge in [-0.1, -0.05) is 11.6 Å². The van der Waals surface area contributed by atoms with Gasteiger partial charge in [-0.05, 0) is 72.9 Å². The molecule has 0 radical (unpaired) electrons. The topological polar surface area (TPSA) is 32.3 Å². The second kappa shape index (κ2) is 5.83. The summed E-state index contributed by atoms with van der Waals surface area (Å²) < 4.78 is 0. The molecule has 0 spiro atoms. The second-order valence-electron chi connectivity index (χ2n) is 5.03. The molecule has 22 heavy (non-hydrogen) atoms. The third-order valence-electron chi connectivity index (χ3n) is 3.46. The Kier molecular flexibility index (Phi) is 4.04. The van der Waals surface area contributed by atoms with Gasteiger partial charge in [-0.3, -0.25) is 9.69 Å². The average Bonchev–Trinajstić information content (AvgIpc) is 2.97. The van der Waals surface area contributed by atoms with E-state index in [0.29, 0.717) is 15.8 Å². The van der Waals surface area contributed by atoms with Gasteiger partial charge in [0.2, 0.25) is 0 Å². The molecule has 1 saturated heterocycles. The standard InChI is InChI=1S/C16H13ClN2OS2/c1-9-5-6-22-14(9)8-12-15(20)19(16(21)18-12)13-4-3-11(17)7-10(13)2/h3-8H,1-2H3,(H,18,21)/b12-8-. The minimum atomic E-state index is -0.150. The maximum Gasteiger partial charge on any atom is 0.281 e. The van der Waals surface area contributed by atoms with E-state index < -0.39 is 0 Å². The summed E-state index contributed by atoms with van der Waals surface area (Å²) in [6, 6.07) is 7.40. The number of carbonyl (C=O) groups excluding carboxylic acids is 1. The molecule has 1 aromatic heterocycles.